The molecule has 5 nitrogen and oxygen atoms in total. The van der Waals surface area contributed by atoms with E-state index in [0.29, 0.717) is 5.69 Å². The second-order valence-electron chi connectivity index (χ2n) is 3.90. The van der Waals surface area contributed by atoms with Crippen LogP contribution in [0.5, 0.6) is 0 Å². The number of nitrogens with zero attached hydrogens (tertiary/aromatic N) is 4. The van der Waals surface area contributed by atoms with Gasteiger partial charge in [0.05, 0.1) is 17.9 Å². The number of hydrogen-bond acceptors (Lipinski definition) is 5. The molecule has 15 heavy (non-hydrogen) atoms. The fourth-order valence-corrected chi connectivity index (χ4v) is 2.25. The van der Waals surface area contributed by atoms with Crippen LogP contribution in [0.4, 0.5) is 0 Å². The predicted octanol–water partition coefficient (Wildman–Crippen LogP) is 0.314. The van der Waals surface area contributed by atoms with Gasteiger partial charge in [0.25, 0.3) is 5.91 Å². The van der Waals surface area contributed by atoms with Crippen LogP contribution in [0, 0.1) is 0 Å². The zero-order chi connectivity index (χ0) is 10.8. The fourth-order valence-electron chi connectivity index (χ4n) is 1.85. The molecule has 6 heteroatoms. The first-order valence-electron chi connectivity index (χ1n) is 4.95. The third-order valence-electron chi connectivity index (χ3n) is 2.67. The Labute approximate surface area is 93.0 Å². The van der Waals surface area contributed by atoms with Crippen molar-refractivity contribution in [2.75, 3.05) is 26.7 Å². The van der Waals surface area contributed by atoms with E-state index in [0.717, 1.165) is 31.4 Å². The molecular formula is C9H14N4OS. The molecule has 0 N–H and O–H groups in total. The normalized spacial score (nSPS) is 23.1. The highest BCUT2D eigenvalue weighted by Crippen LogP contribution is 2.11. The zero-order valence-corrected chi connectivity index (χ0v) is 9.70. The van der Waals surface area contributed by atoms with E-state index in [1.54, 1.807) is 0 Å². The predicted molar refractivity (Wildman–Crippen MR) is 57.9 cm³/mol. The molecule has 1 saturated heterocycles. The standard InChI is InChI=1S/C9H14N4OS/c1-7-6-12(2)3-4-13(7)9(14)8-5-10-15-11-8/h5,7H,3-4,6H2,1-2H3/t7-/m0/s1. The van der Waals surface area contributed by atoms with E-state index in [4.69, 9.17) is 0 Å². The van der Waals surface area contributed by atoms with Crippen LogP contribution in [-0.4, -0.2) is 57.2 Å². The van der Waals surface area contributed by atoms with Crippen LogP contribution in [0.25, 0.3) is 0 Å². The maximum Gasteiger partial charge on any atom is 0.275 e. The van der Waals surface area contributed by atoms with Crippen molar-refractivity contribution in [2.45, 2.75) is 13.0 Å². The van der Waals surface area contributed by atoms with Crippen LogP contribution >= 0.6 is 11.7 Å². The van der Waals surface area contributed by atoms with Crippen molar-refractivity contribution in [3.05, 3.63) is 11.9 Å². The number of carbonyl (C=O) groups is 1. The number of piperazine rings is 1. The molecule has 0 bridgehead atoms. The lowest BCUT2D eigenvalue weighted by Gasteiger charge is -2.37. The first kappa shape index (κ1) is 10.5. The molecule has 1 aliphatic rings. The van der Waals surface area contributed by atoms with E-state index in [2.05, 4.69) is 27.6 Å². The SMILES string of the molecule is C[C@H]1CN(C)CCN1C(=O)c1cnsn1. The van der Waals surface area contributed by atoms with Gasteiger partial charge in [0.15, 0.2) is 5.69 Å². The van der Waals surface area contributed by atoms with Crippen LogP contribution < -0.4 is 0 Å². The molecule has 1 aliphatic heterocycles. The zero-order valence-electron chi connectivity index (χ0n) is 8.88. The Hall–Kier alpha value is -1.01. The van der Waals surface area contributed by atoms with Gasteiger partial charge in [-0.2, -0.15) is 8.75 Å². The summed E-state index contributed by atoms with van der Waals surface area (Å²) in [4.78, 5) is 16.1. The number of carbonyl (C=O) groups excluding carboxylic acids is 1. The number of amides is 1. The van der Waals surface area contributed by atoms with Crippen LogP contribution in [0.3, 0.4) is 0 Å². The van der Waals surface area contributed by atoms with Gasteiger partial charge in [-0.05, 0) is 14.0 Å². The van der Waals surface area contributed by atoms with Crippen LogP contribution in [0.15, 0.2) is 6.20 Å². The summed E-state index contributed by atoms with van der Waals surface area (Å²) in [5, 5.41) is 0. The minimum Gasteiger partial charge on any atom is -0.332 e. The fraction of sp³-hybridized carbons (Fsp3) is 0.667. The van der Waals surface area contributed by atoms with Crippen LogP contribution in [0.1, 0.15) is 17.4 Å². The number of rotatable bonds is 1. The van der Waals surface area contributed by atoms with Gasteiger partial charge in [-0.25, -0.2) is 0 Å². The van der Waals surface area contributed by atoms with Gasteiger partial charge in [-0.3, -0.25) is 4.79 Å². The highest BCUT2D eigenvalue weighted by Gasteiger charge is 2.27. The molecule has 0 unspecified atom stereocenters. The molecule has 2 heterocycles. The molecule has 1 fully saturated rings. The van der Waals surface area contributed by atoms with Crippen molar-refractivity contribution in [1.82, 2.24) is 18.5 Å². The summed E-state index contributed by atoms with van der Waals surface area (Å²) in [5.41, 5.74) is 0.469. The maximum absolute atomic E-state index is 12.0. The van der Waals surface area contributed by atoms with E-state index in [1.807, 2.05) is 4.90 Å². The Balaban J connectivity index is 2.08. The summed E-state index contributed by atoms with van der Waals surface area (Å²) in [5.74, 6) is 0.00403. The van der Waals surface area contributed by atoms with E-state index < -0.39 is 0 Å². The molecule has 0 aliphatic carbocycles. The van der Waals surface area contributed by atoms with Gasteiger partial charge >= 0.3 is 0 Å². The summed E-state index contributed by atoms with van der Waals surface area (Å²) >= 11 is 1.08. The van der Waals surface area contributed by atoms with E-state index in [9.17, 15) is 4.79 Å². The van der Waals surface area contributed by atoms with Crippen LogP contribution in [0.2, 0.25) is 0 Å². The molecule has 0 spiro atoms. The quantitative estimate of drug-likeness (QED) is 0.691. The monoisotopic (exact) mass is 226 g/mol. The molecular weight excluding hydrogens is 212 g/mol. The van der Waals surface area contributed by atoms with Crippen molar-refractivity contribution in [2.24, 2.45) is 0 Å². The molecule has 2 rings (SSSR count). The molecule has 0 saturated carbocycles. The molecule has 82 valence electrons. The van der Waals surface area contributed by atoms with Crippen molar-refractivity contribution in [3.8, 4) is 0 Å². The van der Waals surface area contributed by atoms with Gasteiger partial charge < -0.3 is 9.80 Å². The highest BCUT2D eigenvalue weighted by molar-refractivity contribution is 6.99. The molecule has 0 aromatic carbocycles. The lowest BCUT2D eigenvalue weighted by Crippen LogP contribution is -2.52. The molecule has 1 aromatic rings. The number of likely N-dealkylation sites (N-methyl/N-ethyl adjacent to an activating group) is 1. The Kier molecular flexibility index (Phi) is 2.97. The van der Waals surface area contributed by atoms with Gasteiger partial charge in [-0.15, -0.1) is 0 Å². The minimum atomic E-state index is 0.00403. The molecule has 1 atom stereocenters. The summed E-state index contributed by atoms with van der Waals surface area (Å²) in [6, 6.07) is 0.248. The van der Waals surface area contributed by atoms with Gasteiger partial charge in [0.2, 0.25) is 0 Å². The number of hydrogen-bond donors (Lipinski definition) is 0. The van der Waals surface area contributed by atoms with Gasteiger partial charge in [-0.1, -0.05) is 0 Å². The Bertz CT molecular complexity index is 340. The van der Waals surface area contributed by atoms with Crippen molar-refractivity contribution < 1.29 is 4.79 Å². The Morgan fingerprint density at radius 2 is 2.40 bits per heavy atom. The van der Waals surface area contributed by atoms with Gasteiger partial charge in [0.1, 0.15) is 0 Å². The molecule has 0 radical (unpaired) electrons. The minimum absolute atomic E-state index is 0.00403. The first-order valence-corrected chi connectivity index (χ1v) is 5.68. The Morgan fingerprint density at radius 3 is 3.00 bits per heavy atom. The van der Waals surface area contributed by atoms with Crippen LogP contribution in [-0.2, 0) is 0 Å². The van der Waals surface area contributed by atoms with Gasteiger partial charge in [0, 0.05) is 25.7 Å². The lowest BCUT2D eigenvalue weighted by atomic mass is 10.2. The van der Waals surface area contributed by atoms with E-state index >= 15 is 0 Å². The average molecular weight is 226 g/mol. The van der Waals surface area contributed by atoms with Crippen molar-refractivity contribution in [3.63, 3.8) is 0 Å². The van der Waals surface area contributed by atoms with E-state index in [1.165, 1.54) is 6.20 Å². The topological polar surface area (TPSA) is 49.3 Å². The van der Waals surface area contributed by atoms with Crippen molar-refractivity contribution in [1.29, 1.82) is 0 Å². The summed E-state index contributed by atoms with van der Waals surface area (Å²) in [7, 11) is 2.07. The largest absolute Gasteiger partial charge is 0.332 e. The smallest absolute Gasteiger partial charge is 0.275 e. The second kappa shape index (κ2) is 4.24. The summed E-state index contributed by atoms with van der Waals surface area (Å²) < 4.78 is 7.82. The number of aromatic nitrogens is 2. The average Bonchev–Trinajstić information content (AvgIpc) is 2.69. The molecule has 1 amide bonds. The highest BCUT2D eigenvalue weighted by atomic mass is 32.1. The third kappa shape index (κ3) is 2.15. The van der Waals surface area contributed by atoms with E-state index in [-0.39, 0.29) is 11.9 Å². The first-order chi connectivity index (χ1) is 7.18. The summed E-state index contributed by atoms with van der Waals surface area (Å²) in [6.45, 7) is 4.68. The maximum atomic E-state index is 12.0. The Morgan fingerprint density at radius 1 is 1.60 bits per heavy atom. The molecule has 1 aromatic heterocycles. The second-order valence-corrected chi connectivity index (χ2v) is 4.46. The third-order valence-corrected chi connectivity index (χ3v) is 3.15. The lowest BCUT2D eigenvalue weighted by molar-refractivity contribution is 0.0529. The van der Waals surface area contributed by atoms with Crippen molar-refractivity contribution >= 4 is 17.6 Å². The summed E-state index contributed by atoms with van der Waals surface area (Å²) in [6.07, 6.45) is 1.54.